The Bertz CT molecular complexity index is 1200. The highest BCUT2D eigenvalue weighted by atomic mass is 35.5. The summed E-state index contributed by atoms with van der Waals surface area (Å²) in [6, 6.07) is 13.3. The van der Waals surface area contributed by atoms with E-state index in [9.17, 15) is 4.79 Å². The highest BCUT2D eigenvalue weighted by Crippen LogP contribution is 2.40. The topological polar surface area (TPSA) is 69.1 Å². The number of rotatable bonds is 7. The summed E-state index contributed by atoms with van der Waals surface area (Å²) >= 11 is 12.7. The Balaban J connectivity index is 0.00000164. The van der Waals surface area contributed by atoms with E-state index in [1.165, 1.54) is 0 Å². The third-order valence-corrected chi connectivity index (χ3v) is 7.06. The number of halogens is 2. The molecule has 38 heavy (non-hydrogen) atoms. The second kappa shape index (κ2) is 12.7. The van der Waals surface area contributed by atoms with Crippen LogP contribution >= 0.6 is 23.2 Å². The van der Waals surface area contributed by atoms with E-state index in [0.29, 0.717) is 35.4 Å². The van der Waals surface area contributed by atoms with Crippen molar-refractivity contribution in [3.8, 4) is 5.75 Å². The first-order chi connectivity index (χ1) is 18.4. The van der Waals surface area contributed by atoms with E-state index in [1.54, 1.807) is 31.6 Å². The van der Waals surface area contributed by atoms with Gasteiger partial charge in [0, 0.05) is 61.8 Å². The smallest absolute Gasteiger partial charge is 0.219 e. The third-order valence-electron chi connectivity index (χ3n) is 6.51. The highest BCUT2D eigenvalue weighted by molar-refractivity contribution is 6.35. The summed E-state index contributed by atoms with van der Waals surface area (Å²) < 4.78 is 20.6. The molecule has 3 heterocycles. The molecule has 0 unspecified atom stereocenters. The maximum atomic E-state index is 11.6. The number of amides is 1. The molecule has 10 heteroatoms. The van der Waals surface area contributed by atoms with Crippen LogP contribution in [0.1, 0.15) is 12.5 Å². The van der Waals surface area contributed by atoms with Gasteiger partial charge in [0.25, 0.3) is 0 Å². The molecule has 2 aliphatic heterocycles. The molecule has 0 bridgehead atoms. The van der Waals surface area contributed by atoms with Crippen LogP contribution in [-0.4, -0.2) is 65.9 Å². The molecule has 1 amide bonds. The van der Waals surface area contributed by atoms with Gasteiger partial charge in [0.15, 0.2) is 0 Å². The molecule has 0 saturated carbocycles. The highest BCUT2D eigenvalue weighted by Gasteiger charge is 2.45. The van der Waals surface area contributed by atoms with E-state index < -0.39 is 5.79 Å². The van der Waals surface area contributed by atoms with Crippen LogP contribution in [0.15, 0.2) is 74.3 Å². The Morgan fingerprint density at radius 2 is 1.87 bits per heavy atom. The number of carbonyl (C=O) groups is 1. The number of imidazole rings is 1. The minimum Gasteiger partial charge on any atom is -0.491 e. The van der Waals surface area contributed by atoms with E-state index in [1.807, 2.05) is 46.0 Å². The number of hydrogen-bond donors (Lipinski definition) is 0. The van der Waals surface area contributed by atoms with Gasteiger partial charge in [-0.3, -0.25) is 4.79 Å². The van der Waals surface area contributed by atoms with E-state index in [0.717, 1.165) is 37.6 Å². The van der Waals surface area contributed by atoms with Crippen molar-refractivity contribution in [3.05, 3.63) is 90.0 Å². The second-order valence-electron chi connectivity index (χ2n) is 8.96. The maximum Gasteiger partial charge on any atom is 0.219 e. The molecule has 2 aliphatic rings. The summed E-state index contributed by atoms with van der Waals surface area (Å²) in [7, 11) is 0. The monoisotopic (exact) mass is 558 g/mol. The summed E-state index contributed by atoms with van der Waals surface area (Å²) in [5.41, 5.74) is 1.82. The van der Waals surface area contributed by atoms with Crippen LogP contribution in [-0.2, 0) is 26.6 Å². The fourth-order valence-electron chi connectivity index (χ4n) is 4.60. The number of nitrogens with zero attached hydrogens (tertiary/aromatic N) is 4. The number of aromatic nitrogens is 2. The standard InChI is InChI=1S/C26H28Cl2N4O4.C2H4/c1-19(33)31-10-12-32(13-11-31)21-3-5-22(6-4-21)34-15-23-16-35-26(36-23,17-30-9-8-29-18-30)24-7-2-20(27)14-25(24)28;1-2/h2-9,14,18,23H,10-13,15-17H2,1H3;1-2H2/t23-,26-;/m0./s1. The van der Waals surface area contributed by atoms with Gasteiger partial charge < -0.3 is 28.6 Å². The van der Waals surface area contributed by atoms with Crippen molar-refractivity contribution in [2.24, 2.45) is 0 Å². The Labute approximate surface area is 233 Å². The van der Waals surface area contributed by atoms with Gasteiger partial charge in [0.1, 0.15) is 18.5 Å². The van der Waals surface area contributed by atoms with Gasteiger partial charge in [-0.2, -0.15) is 0 Å². The van der Waals surface area contributed by atoms with Gasteiger partial charge in [-0.15, -0.1) is 13.2 Å². The lowest BCUT2D eigenvalue weighted by Gasteiger charge is -2.35. The molecule has 8 nitrogen and oxygen atoms in total. The molecule has 0 radical (unpaired) electrons. The fraction of sp³-hybridized carbons (Fsp3) is 0.357. The molecule has 0 N–H and O–H groups in total. The van der Waals surface area contributed by atoms with Crippen molar-refractivity contribution in [2.45, 2.75) is 25.4 Å². The molecule has 3 aromatic rings. The second-order valence-corrected chi connectivity index (χ2v) is 9.80. The molecule has 5 rings (SSSR count). The first-order valence-corrected chi connectivity index (χ1v) is 13.1. The molecular formula is C28H32Cl2N4O4. The van der Waals surface area contributed by atoms with Crippen molar-refractivity contribution < 1.29 is 19.0 Å². The van der Waals surface area contributed by atoms with Crippen molar-refractivity contribution >= 4 is 34.8 Å². The van der Waals surface area contributed by atoms with Crippen LogP contribution in [0.25, 0.3) is 0 Å². The third kappa shape index (κ3) is 6.50. The first-order valence-electron chi connectivity index (χ1n) is 12.4. The minimum atomic E-state index is -1.08. The molecule has 2 fully saturated rings. The predicted octanol–water partition coefficient (Wildman–Crippen LogP) is 5.01. The molecule has 0 spiro atoms. The summed E-state index contributed by atoms with van der Waals surface area (Å²) in [6.45, 7) is 11.8. The summed E-state index contributed by atoms with van der Waals surface area (Å²) in [5, 5.41) is 1.02. The quantitative estimate of drug-likeness (QED) is 0.380. The maximum absolute atomic E-state index is 11.6. The van der Waals surface area contributed by atoms with Crippen LogP contribution in [0.5, 0.6) is 5.75 Å². The average molecular weight is 559 g/mol. The number of piperazine rings is 1. The predicted molar refractivity (Wildman–Crippen MR) is 149 cm³/mol. The van der Waals surface area contributed by atoms with Crippen molar-refractivity contribution in [3.63, 3.8) is 0 Å². The molecule has 2 saturated heterocycles. The number of ether oxygens (including phenoxy) is 3. The van der Waals surface area contributed by atoms with Crippen LogP contribution in [0, 0.1) is 0 Å². The van der Waals surface area contributed by atoms with E-state index >= 15 is 0 Å². The number of benzene rings is 2. The Morgan fingerprint density at radius 3 is 2.50 bits per heavy atom. The lowest BCUT2D eigenvalue weighted by atomic mass is 10.1. The normalized spacial score (nSPS) is 21.1. The van der Waals surface area contributed by atoms with Gasteiger partial charge in [0.05, 0.1) is 24.5 Å². The van der Waals surface area contributed by atoms with Gasteiger partial charge >= 0.3 is 0 Å². The zero-order valence-electron chi connectivity index (χ0n) is 21.4. The largest absolute Gasteiger partial charge is 0.491 e. The minimum absolute atomic E-state index is 0.129. The summed E-state index contributed by atoms with van der Waals surface area (Å²) in [4.78, 5) is 19.8. The van der Waals surface area contributed by atoms with Crippen LogP contribution in [0.2, 0.25) is 10.0 Å². The van der Waals surface area contributed by atoms with Gasteiger partial charge in [-0.05, 0) is 36.4 Å². The Kier molecular flexibility index (Phi) is 9.33. The molecule has 202 valence electrons. The lowest BCUT2D eigenvalue weighted by Crippen LogP contribution is -2.48. The van der Waals surface area contributed by atoms with Crippen molar-refractivity contribution in [1.29, 1.82) is 0 Å². The molecule has 2 atom stereocenters. The fourth-order valence-corrected chi connectivity index (χ4v) is 5.15. The molecule has 2 aromatic carbocycles. The van der Waals surface area contributed by atoms with Gasteiger partial charge in [-0.25, -0.2) is 4.98 Å². The zero-order chi connectivity index (χ0) is 27.1. The van der Waals surface area contributed by atoms with Crippen molar-refractivity contribution in [2.75, 3.05) is 44.3 Å². The van der Waals surface area contributed by atoms with Gasteiger partial charge in [0.2, 0.25) is 11.7 Å². The number of carbonyl (C=O) groups excluding carboxylic acids is 1. The lowest BCUT2D eigenvalue weighted by molar-refractivity contribution is -0.189. The van der Waals surface area contributed by atoms with E-state index in [2.05, 4.69) is 23.0 Å². The average Bonchev–Trinajstić information content (AvgIpc) is 3.59. The summed E-state index contributed by atoms with van der Waals surface area (Å²) in [5.74, 6) is -0.201. The van der Waals surface area contributed by atoms with Crippen LogP contribution in [0.4, 0.5) is 5.69 Å². The molecule has 1 aromatic heterocycles. The molecular weight excluding hydrogens is 527 g/mol. The van der Waals surface area contributed by atoms with E-state index in [4.69, 9.17) is 37.4 Å². The Hall–Kier alpha value is -3.04. The number of anilines is 1. The Morgan fingerprint density at radius 1 is 1.13 bits per heavy atom. The van der Waals surface area contributed by atoms with Crippen molar-refractivity contribution in [1.82, 2.24) is 14.5 Å². The summed E-state index contributed by atoms with van der Waals surface area (Å²) in [6.07, 6.45) is 4.98. The van der Waals surface area contributed by atoms with Gasteiger partial charge in [-0.1, -0.05) is 29.3 Å². The SMILES string of the molecule is C=C.CC(=O)N1CCN(c2ccc(OC[C@H]3CO[C@](Cn4ccnc4)(c4ccc(Cl)cc4Cl)O3)cc2)CC1. The first kappa shape index (κ1) is 28.0. The number of hydrogen-bond acceptors (Lipinski definition) is 6. The zero-order valence-corrected chi connectivity index (χ0v) is 22.9. The van der Waals surface area contributed by atoms with Crippen LogP contribution < -0.4 is 9.64 Å². The van der Waals surface area contributed by atoms with E-state index in [-0.39, 0.29) is 12.0 Å². The molecule has 0 aliphatic carbocycles. The van der Waals surface area contributed by atoms with Crippen LogP contribution in [0.3, 0.4) is 0 Å².